The molecule has 0 radical (unpaired) electrons. The summed E-state index contributed by atoms with van der Waals surface area (Å²) in [6, 6.07) is 17.3. The maximum atomic E-state index is 14.1. The summed E-state index contributed by atoms with van der Waals surface area (Å²) in [5.41, 5.74) is 13.1. The number of ether oxygens (including phenoxy) is 1. The minimum Gasteiger partial charge on any atom is -0.445 e. The number of carbonyl (C=O) groups excluding carboxylic acids is 3. The normalized spacial score (nSPS) is 19.8. The number of likely N-dealkylation sites (tertiary alicyclic amines) is 2. The van der Waals surface area contributed by atoms with Crippen LogP contribution in [0.4, 0.5) is 4.79 Å². The minimum atomic E-state index is -0.886. The summed E-state index contributed by atoms with van der Waals surface area (Å²) in [6.07, 6.45) is 2.50. The van der Waals surface area contributed by atoms with Gasteiger partial charge >= 0.3 is 6.09 Å². The summed E-state index contributed by atoms with van der Waals surface area (Å²) in [5.74, 6) is -0.863. The zero-order valence-corrected chi connectivity index (χ0v) is 22.2. The van der Waals surface area contributed by atoms with E-state index in [1.165, 1.54) is 9.80 Å². The highest BCUT2D eigenvalue weighted by atomic mass is 16.6. The monoisotopic (exact) mass is 534 g/mol. The molecule has 0 aliphatic carbocycles. The molecule has 10 heteroatoms. The Kier molecular flexibility index (Phi) is 9.40. The van der Waals surface area contributed by atoms with E-state index in [4.69, 9.17) is 21.6 Å². The molecule has 208 valence electrons. The fourth-order valence-corrected chi connectivity index (χ4v) is 5.53. The van der Waals surface area contributed by atoms with Gasteiger partial charge in [-0.15, -0.1) is 0 Å². The predicted molar refractivity (Wildman–Crippen MR) is 147 cm³/mol. The molecule has 3 atom stereocenters. The molecule has 2 heterocycles. The molecule has 1 unspecified atom stereocenters. The number of carbonyl (C=O) groups is 3. The van der Waals surface area contributed by atoms with Gasteiger partial charge in [0.15, 0.2) is 5.96 Å². The van der Waals surface area contributed by atoms with Crippen LogP contribution in [0.25, 0.3) is 0 Å². The van der Waals surface area contributed by atoms with Crippen LogP contribution in [-0.2, 0) is 27.4 Å². The number of nitrogens with one attached hydrogen (secondary N) is 1. The molecule has 0 saturated carbocycles. The summed E-state index contributed by atoms with van der Waals surface area (Å²) in [5, 5.41) is 7.88. The van der Waals surface area contributed by atoms with Gasteiger partial charge in [0.1, 0.15) is 18.7 Å². The lowest BCUT2D eigenvalue weighted by Crippen LogP contribution is -2.57. The number of hydrogen-bond acceptors (Lipinski definition) is 5. The Balaban J connectivity index is 1.64. The molecule has 10 nitrogen and oxygen atoms in total. The number of nitrogens with zero attached hydrogens (tertiary/aromatic N) is 3. The van der Waals surface area contributed by atoms with Crippen LogP contribution in [0.1, 0.15) is 36.8 Å². The molecule has 0 bridgehead atoms. The van der Waals surface area contributed by atoms with E-state index in [1.807, 2.05) is 60.7 Å². The van der Waals surface area contributed by atoms with Crippen molar-refractivity contribution in [2.45, 2.75) is 50.8 Å². The number of hydrogen-bond donors (Lipinski definition) is 3. The number of amides is 3. The zero-order chi connectivity index (χ0) is 27.8. The van der Waals surface area contributed by atoms with Crippen LogP contribution in [0.15, 0.2) is 60.7 Å². The van der Waals surface area contributed by atoms with Crippen molar-refractivity contribution in [3.8, 4) is 0 Å². The smallest absolute Gasteiger partial charge is 0.410 e. The van der Waals surface area contributed by atoms with E-state index in [1.54, 1.807) is 4.90 Å². The van der Waals surface area contributed by atoms with E-state index in [0.717, 1.165) is 24.0 Å². The molecule has 2 saturated heterocycles. The predicted octanol–water partition coefficient (Wildman–Crippen LogP) is 2.32. The lowest BCUT2D eigenvalue weighted by atomic mass is 9.95. The molecule has 5 N–H and O–H groups in total. The number of rotatable bonds is 9. The van der Waals surface area contributed by atoms with E-state index in [9.17, 15) is 14.4 Å². The fourth-order valence-electron chi connectivity index (χ4n) is 5.53. The maximum Gasteiger partial charge on any atom is 0.410 e. The van der Waals surface area contributed by atoms with Crippen LogP contribution in [0.2, 0.25) is 0 Å². The summed E-state index contributed by atoms with van der Waals surface area (Å²) in [7, 11) is 0. The summed E-state index contributed by atoms with van der Waals surface area (Å²) < 4.78 is 5.76. The first-order valence-corrected chi connectivity index (χ1v) is 13.5. The van der Waals surface area contributed by atoms with Gasteiger partial charge in [-0.2, -0.15) is 0 Å². The van der Waals surface area contributed by atoms with Crippen LogP contribution in [0, 0.1) is 11.3 Å². The standard InChI is InChI=1S/C29H38N6O4/c30-26(36)24-14-8-16-34(24)27(37)25(17-21-9-3-1-4-10-21)35(19-23-13-7-15-33(18-23)28(31)32)29(38)39-20-22-11-5-2-6-12-22/h1-6,9-12,23-25H,7-8,13-20H2,(H2,30,36)(H3,31,32)/t23?,24-,25+/m0/s1. The average Bonchev–Trinajstić information content (AvgIpc) is 3.45. The largest absolute Gasteiger partial charge is 0.445 e. The van der Waals surface area contributed by atoms with Crippen LogP contribution in [0.3, 0.4) is 0 Å². The first kappa shape index (κ1) is 27.9. The van der Waals surface area contributed by atoms with E-state index in [0.29, 0.717) is 32.5 Å². The molecule has 0 aromatic heterocycles. The van der Waals surface area contributed by atoms with Gasteiger partial charge < -0.3 is 26.0 Å². The molecule has 2 aliphatic heterocycles. The van der Waals surface area contributed by atoms with Gasteiger partial charge in [-0.3, -0.25) is 19.9 Å². The molecule has 3 amide bonds. The third-order valence-electron chi connectivity index (χ3n) is 7.55. The lowest BCUT2D eigenvalue weighted by molar-refractivity contribution is -0.141. The molecular weight excluding hydrogens is 496 g/mol. The van der Waals surface area contributed by atoms with Gasteiger partial charge in [0.25, 0.3) is 0 Å². The van der Waals surface area contributed by atoms with Gasteiger partial charge in [-0.05, 0) is 42.7 Å². The fraction of sp³-hybridized carbons (Fsp3) is 0.448. The number of nitrogens with two attached hydrogens (primary N) is 2. The molecule has 2 fully saturated rings. The van der Waals surface area contributed by atoms with Crippen LogP contribution >= 0.6 is 0 Å². The van der Waals surface area contributed by atoms with Crippen molar-refractivity contribution in [2.24, 2.45) is 17.4 Å². The molecule has 39 heavy (non-hydrogen) atoms. The number of benzene rings is 2. The zero-order valence-electron chi connectivity index (χ0n) is 22.2. The Morgan fingerprint density at radius 3 is 2.23 bits per heavy atom. The molecule has 0 spiro atoms. The molecule has 2 aliphatic rings. The highest BCUT2D eigenvalue weighted by Crippen LogP contribution is 2.25. The van der Waals surface area contributed by atoms with Crippen molar-refractivity contribution in [2.75, 3.05) is 26.2 Å². The summed E-state index contributed by atoms with van der Waals surface area (Å²) in [6.45, 7) is 1.94. The first-order chi connectivity index (χ1) is 18.8. The van der Waals surface area contributed by atoms with E-state index >= 15 is 0 Å². The average molecular weight is 535 g/mol. The van der Waals surface area contributed by atoms with Crippen molar-refractivity contribution in [3.63, 3.8) is 0 Å². The lowest BCUT2D eigenvalue weighted by Gasteiger charge is -2.39. The van der Waals surface area contributed by atoms with Crippen LogP contribution in [-0.4, -0.2) is 76.8 Å². The highest BCUT2D eigenvalue weighted by Gasteiger charge is 2.41. The van der Waals surface area contributed by atoms with Gasteiger partial charge in [-0.25, -0.2) is 4.79 Å². The molecule has 4 rings (SSSR count). The van der Waals surface area contributed by atoms with Crippen molar-refractivity contribution >= 4 is 23.9 Å². The third kappa shape index (κ3) is 7.28. The number of guanidine groups is 1. The summed E-state index contributed by atoms with van der Waals surface area (Å²) in [4.78, 5) is 44.8. The Bertz CT molecular complexity index is 1140. The second kappa shape index (κ2) is 13.1. The van der Waals surface area contributed by atoms with E-state index in [2.05, 4.69) is 0 Å². The van der Waals surface area contributed by atoms with Gasteiger partial charge in [0.2, 0.25) is 11.8 Å². The number of primary amides is 1. The van der Waals surface area contributed by atoms with Gasteiger partial charge in [-0.1, -0.05) is 60.7 Å². The molecular formula is C29H38N6O4. The van der Waals surface area contributed by atoms with Gasteiger partial charge in [0, 0.05) is 32.6 Å². The second-order valence-corrected chi connectivity index (χ2v) is 10.3. The SMILES string of the molecule is N=C(N)N1CCCC(CN(C(=O)OCc2ccccc2)[C@H](Cc2ccccc2)C(=O)N2CCC[C@H]2C(N)=O)C1. The first-order valence-electron chi connectivity index (χ1n) is 13.5. The van der Waals surface area contributed by atoms with E-state index in [-0.39, 0.29) is 37.4 Å². The Labute approximate surface area is 229 Å². The molecule has 2 aromatic carbocycles. The quantitative estimate of drug-likeness (QED) is 0.332. The van der Waals surface area contributed by atoms with Crippen molar-refractivity contribution < 1.29 is 19.1 Å². The second-order valence-electron chi connectivity index (χ2n) is 10.3. The van der Waals surface area contributed by atoms with Gasteiger partial charge in [0.05, 0.1) is 0 Å². The van der Waals surface area contributed by atoms with Crippen LogP contribution < -0.4 is 11.5 Å². The van der Waals surface area contributed by atoms with E-state index < -0.39 is 24.1 Å². The Morgan fingerprint density at radius 1 is 0.949 bits per heavy atom. The molecule has 2 aromatic rings. The maximum absolute atomic E-state index is 14.1. The van der Waals surface area contributed by atoms with Crippen molar-refractivity contribution in [1.82, 2.24) is 14.7 Å². The summed E-state index contributed by atoms with van der Waals surface area (Å²) >= 11 is 0. The van der Waals surface area contributed by atoms with Crippen molar-refractivity contribution in [3.05, 3.63) is 71.8 Å². The third-order valence-corrected chi connectivity index (χ3v) is 7.55. The number of piperidine rings is 1. The van der Waals surface area contributed by atoms with Crippen molar-refractivity contribution in [1.29, 1.82) is 5.41 Å². The highest BCUT2D eigenvalue weighted by molar-refractivity contribution is 5.91. The Hall–Kier alpha value is -4.08. The minimum absolute atomic E-state index is 0.00353. The van der Waals surface area contributed by atoms with Crippen LogP contribution in [0.5, 0.6) is 0 Å². The topological polar surface area (TPSA) is 146 Å². The Morgan fingerprint density at radius 2 is 1.59 bits per heavy atom.